The summed E-state index contributed by atoms with van der Waals surface area (Å²) in [6, 6.07) is 5.69. The zero-order valence-corrected chi connectivity index (χ0v) is 13.4. The molecule has 0 saturated heterocycles. The zero-order valence-electron chi connectivity index (χ0n) is 11.8. The molecule has 110 valence electrons. The minimum atomic E-state index is -0.351. The number of nitrogens with one attached hydrogen (secondary N) is 1. The highest BCUT2D eigenvalue weighted by Gasteiger charge is 2.27. The SMILES string of the molecule is CCCNC1CCCC1Cc1ccc([N+](=O)[O-])cc1Br. The second-order valence-electron chi connectivity index (χ2n) is 5.49. The van der Waals surface area contributed by atoms with Crippen LogP contribution in [-0.2, 0) is 6.42 Å². The maximum Gasteiger partial charge on any atom is 0.270 e. The van der Waals surface area contributed by atoms with Gasteiger partial charge < -0.3 is 5.32 Å². The van der Waals surface area contributed by atoms with Crippen molar-refractivity contribution in [2.24, 2.45) is 5.92 Å². The molecule has 0 bridgehead atoms. The fourth-order valence-corrected chi connectivity index (χ4v) is 3.51. The molecule has 0 heterocycles. The highest BCUT2D eigenvalue weighted by atomic mass is 79.9. The predicted molar refractivity (Wildman–Crippen MR) is 83.9 cm³/mol. The molecule has 2 atom stereocenters. The highest BCUT2D eigenvalue weighted by Crippen LogP contribution is 2.32. The molecule has 0 aromatic heterocycles. The first kappa shape index (κ1) is 15.4. The fraction of sp³-hybridized carbons (Fsp3) is 0.600. The minimum Gasteiger partial charge on any atom is -0.314 e. The molecular formula is C15H21BrN2O2. The van der Waals surface area contributed by atoms with Crippen LogP contribution in [0.2, 0.25) is 0 Å². The van der Waals surface area contributed by atoms with Crippen molar-refractivity contribution in [1.29, 1.82) is 0 Å². The summed E-state index contributed by atoms with van der Waals surface area (Å²) >= 11 is 3.47. The van der Waals surface area contributed by atoms with Crippen LogP contribution in [0.15, 0.2) is 22.7 Å². The number of hydrogen-bond donors (Lipinski definition) is 1. The number of non-ortho nitro benzene ring substituents is 1. The van der Waals surface area contributed by atoms with Gasteiger partial charge in [0.1, 0.15) is 0 Å². The van der Waals surface area contributed by atoms with E-state index in [9.17, 15) is 10.1 Å². The van der Waals surface area contributed by atoms with Crippen LogP contribution in [0.3, 0.4) is 0 Å². The molecule has 1 saturated carbocycles. The second kappa shape index (κ2) is 7.18. The van der Waals surface area contributed by atoms with Crippen molar-refractivity contribution in [1.82, 2.24) is 5.32 Å². The van der Waals surface area contributed by atoms with Crippen LogP contribution in [0, 0.1) is 16.0 Å². The third kappa shape index (κ3) is 3.79. The summed E-state index contributed by atoms with van der Waals surface area (Å²) in [6.07, 6.45) is 5.90. The van der Waals surface area contributed by atoms with Crippen molar-refractivity contribution >= 4 is 21.6 Å². The Bertz CT molecular complexity index is 479. The van der Waals surface area contributed by atoms with E-state index in [4.69, 9.17) is 0 Å². The third-order valence-electron chi connectivity index (χ3n) is 4.05. The molecule has 2 rings (SSSR count). The number of nitro groups is 1. The summed E-state index contributed by atoms with van der Waals surface area (Å²) in [5.41, 5.74) is 1.32. The van der Waals surface area contributed by atoms with E-state index in [0.29, 0.717) is 12.0 Å². The Morgan fingerprint density at radius 2 is 2.25 bits per heavy atom. The van der Waals surface area contributed by atoms with Crippen LogP contribution in [0.1, 0.15) is 38.2 Å². The van der Waals surface area contributed by atoms with E-state index in [1.54, 1.807) is 12.1 Å². The summed E-state index contributed by atoms with van der Waals surface area (Å²) in [4.78, 5) is 10.4. The minimum absolute atomic E-state index is 0.146. The first-order chi connectivity index (χ1) is 9.61. The summed E-state index contributed by atoms with van der Waals surface area (Å²) < 4.78 is 0.854. The van der Waals surface area contributed by atoms with Gasteiger partial charge in [-0.2, -0.15) is 0 Å². The van der Waals surface area contributed by atoms with Crippen molar-refractivity contribution in [2.75, 3.05) is 6.54 Å². The predicted octanol–water partition coefficient (Wildman–Crippen LogP) is 4.07. The van der Waals surface area contributed by atoms with E-state index in [0.717, 1.165) is 23.9 Å². The Balaban J connectivity index is 2.03. The van der Waals surface area contributed by atoms with Gasteiger partial charge in [0.25, 0.3) is 5.69 Å². The molecule has 0 radical (unpaired) electrons. The van der Waals surface area contributed by atoms with Crippen LogP contribution < -0.4 is 5.32 Å². The first-order valence-electron chi connectivity index (χ1n) is 7.28. The Morgan fingerprint density at radius 1 is 1.45 bits per heavy atom. The van der Waals surface area contributed by atoms with Gasteiger partial charge in [-0.3, -0.25) is 10.1 Å². The second-order valence-corrected chi connectivity index (χ2v) is 6.34. The molecule has 1 aromatic rings. The van der Waals surface area contributed by atoms with Gasteiger partial charge in [0.15, 0.2) is 0 Å². The molecular weight excluding hydrogens is 320 g/mol. The Labute approximate surface area is 128 Å². The lowest BCUT2D eigenvalue weighted by Gasteiger charge is -2.21. The molecule has 1 aliphatic carbocycles. The van der Waals surface area contributed by atoms with Crippen molar-refractivity contribution in [3.63, 3.8) is 0 Å². The number of halogens is 1. The third-order valence-corrected chi connectivity index (χ3v) is 4.78. The molecule has 5 heteroatoms. The van der Waals surface area contributed by atoms with Gasteiger partial charge in [-0.05, 0) is 43.7 Å². The van der Waals surface area contributed by atoms with Crippen molar-refractivity contribution in [2.45, 2.75) is 45.1 Å². The van der Waals surface area contributed by atoms with E-state index >= 15 is 0 Å². The Hall–Kier alpha value is -0.940. The summed E-state index contributed by atoms with van der Waals surface area (Å²) in [7, 11) is 0. The molecule has 1 aromatic carbocycles. The molecule has 1 fully saturated rings. The van der Waals surface area contributed by atoms with Crippen LogP contribution in [0.4, 0.5) is 5.69 Å². The normalized spacial score (nSPS) is 22.1. The first-order valence-corrected chi connectivity index (χ1v) is 8.07. The van der Waals surface area contributed by atoms with E-state index in [1.165, 1.54) is 24.8 Å². The molecule has 0 amide bonds. The molecule has 4 nitrogen and oxygen atoms in total. The van der Waals surface area contributed by atoms with Gasteiger partial charge in [0.2, 0.25) is 0 Å². The van der Waals surface area contributed by atoms with Gasteiger partial charge in [-0.25, -0.2) is 0 Å². The summed E-state index contributed by atoms with van der Waals surface area (Å²) in [6.45, 7) is 3.26. The van der Waals surface area contributed by atoms with E-state index in [1.807, 2.05) is 6.07 Å². The Kier molecular flexibility index (Phi) is 5.54. The molecule has 0 aliphatic heterocycles. The lowest BCUT2D eigenvalue weighted by molar-refractivity contribution is -0.384. The van der Waals surface area contributed by atoms with Gasteiger partial charge >= 0.3 is 0 Å². The molecule has 0 spiro atoms. The average molecular weight is 341 g/mol. The fourth-order valence-electron chi connectivity index (χ4n) is 2.98. The summed E-state index contributed by atoms with van der Waals surface area (Å²) in [5, 5.41) is 14.4. The number of rotatable bonds is 6. The van der Waals surface area contributed by atoms with Crippen LogP contribution in [0.5, 0.6) is 0 Å². The maximum atomic E-state index is 10.8. The van der Waals surface area contributed by atoms with Gasteiger partial charge in [-0.1, -0.05) is 35.3 Å². The molecule has 1 N–H and O–H groups in total. The van der Waals surface area contributed by atoms with Crippen molar-refractivity contribution in [3.05, 3.63) is 38.3 Å². The van der Waals surface area contributed by atoms with Crippen molar-refractivity contribution < 1.29 is 4.92 Å². The molecule has 20 heavy (non-hydrogen) atoms. The standard InChI is InChI=1S/C15H21BrN2O2/c1-2-8-17-15-5-3-4-12(15)9-11-6-7-13(18(19)20)10-14(11)16/h6-7,10,12,15,17H,2-5,8-9H2,1H3. The molecule has 2 unspecified atom stereocenters. The number of nitrogens with zero attached hydrogens (tertiary/aromatic N) is 1. The van der Waals surface area contributed by atoms with E-state index < -0.39 is 0 Å². The van der Waals surface area contributed by atoms with E-state index in [2.05, 4.69) is 28.2 Å². The Morgan fingerprint density at radius 3 is 2.90 bits per heavy atom. The highest BCUT2D eigenvalue weighted by molar-refractivity contribution is 9.10. The quantitative estimate of drug-likeness (QED) is 0.627. The largest absolute Gasteiger partial charge is 0.314 e. The lowest BCUT2D eigenvalue weighted by Crippen LogP contribution is -2.33. The van der Waals surface area contributed by atoms with Crippen LogP contribution >= 0.6 is 15.9 Å². The van der Waals surface area contributed by atoms with Crippen LogP contribution in [-0.4, -0.2) is 17.5 Å². The molecule has 1 aliphatic rings. The van der Waals surface area contributed by atoms with Crippen molar-refractivity contribution in [3.8, 4) is 0 Å². The average Bonchev–Trinajstić information content (AvgIpc) is 2.85. The smallest absolute Gasteiger partial charge is 0.270 e. The van der Waals surface area contributed by atoms with Crippen LogP contribution in [0.25, 0.3) is 0 Å². The monoisotopic (exact) mass is 340 g/mol. The van der Waals surface area contributed by atoms with Gasteiger partial charge in [0, 0.05) is 22.6 Å². The number of hydrogen-bond acceptors (Lipinski definition) is 3. The lowest BCUT2D eigenvalue weighted by atomic mass is 9.94. The number of benzene rings is 1. The maximum absolute atomic E-state index is 10.8. The summed E-state index contributed by atoms with van der Waals surface area (Å²) in [5.74, 6) is 0.638. The van der Waals surface area contributed by atoms with Gasteiger partial charge in [-0.15, -0.1) is 0 Å². The van der Waals surface area contributed by atoms with Gasteiger partial charge in [0.05, 0.1) is 4.92 Å². The number of nitro benzene ring substituents is 1. The van der Waals surface area contributed by atoms with E-state index in [-0.39, 0.29) is 10.6 Å². The zero-order chi connectivity index (χ0) is 14.5. The topological polar surface area (TPSA) is 55.2 Å².